The van der Waals surface area contributed by atoms with Gasteiger partial charge < -0.3 is 10.2 Å². The molecule has 0 aromatic carbocycles. The molecule has 0 saturated heterocycles. The van der Waals surface area contributed by atoms with Crippen LogP contribution in [0.2, 0.25) is 0 Å². The van der Waals surface area contributed by atoms with Crippen LogP contribution in [0.1, 0.15) is 30.4 Å². The summed E-state index contributed by atoms with van der Waals surface area (Å²) in [5.74, 6) is 3.13. The second-order valence-corrected chi connectivity index (χ2v) is 5.34. The van der Waals surface area contributed by atoms with Crippen LogP contribution in [0.15, 0.2) is 10.5 Å². The molecular weight excluding hydrogens is 232 g/mol. The largest absolute Gasteiger partial charge is 0.465 e. The molecule has 0 spiro atoms. The Balaban J connectivity index is 2.62. The Hall–Kier alpha value is -0.450. The molecule has 1 aromatic rings. The average Bonchev–Trinajstić information content (AvgIpc) is 2.66. The molecule has 4 heteroatoms. The first-order chi connectivity index (χ1) is 8.12. The van der Waals surface area contributed by atoms with Gasteiger partial charge in [-0.25, -0.2) is 0 Å². The molecule has 0 amide bonds. The lowest BCUT2D eigenvalue weighted by molar-refractivity contribution is 0.227. The van der Waals surface area contributed by atoms with Gasteiger partial charge >= 0.3 is 0 Å². The van der Waals surface area contributed by atoms with Gasteiger partial charge in [0.05, 0.1) is 6.54 Å². The maximum atomic E-state index is 5.72. The molecule has 1 atom stereocenters. The van der Waals surface area contributed by atoms with E-state index in [0.717, 1.165) is 29.4 Å². The smallest absolute Gasteiger partial charge is 0.118 e. The number of thioether (sulfide) groups is 1. The van der Waals surface area contributed by atoms with Crippen LogP contribution < -0.4 is 5.73 Å². The summed E-state index contributed by atoms with van der Waals surface area (Å²) in [6.45, 7) is 5.63. The predicted octanol–water partition coefficient (Wildman–Crippen LogP) is 2.62. The summed E-state index contributed by atoms with van der Waals surface area (Å²) in [5.41, 5.74) is 6.77. The topological polar surface area (TPSA) is 42.4 Å². The lowest BCUT2D eigenvalue weighted by Gasteiger charge is -2.25. The highest BCUT2D eigenvalue weighted by molar-refractivity contribution is 7.98. The van der Waals surface area contributed by atoms with Crippen LogP contribution in [0.5, 0.6) is 0 Å². The van der Waals surface area contributed by atoms with Crippen LogP contribution in [0.4, 0.5) is 0 Å². The van der Waals surface area contributed by atoms with Gasteiger partial charge in [-0.1, -0.05) is 6.92 Å². The Labute approximate surface area is 109 Å². The van der Waals surface area contributed by atoms with Gasteiger partial charge in [-0.05, 0) is 32.7 Å². The first-order valence-electron chi connectivity index (χ1n) is 6.09. The summed E-state index contributed by atoms with van der Waals surface area (Å²) in [6, 6.07) is 2.69. The summed E-state index contributed by atoms with van der Waals surface area (Å²) < 4.78 is 5.72. The fourth-order valence-electron chi connectivity index (χ4n) is 1.99. The van der Waals surface area contributed by atoms with Crippen LogP contribution >= 0.6 is 11.8 Å². The molecule has 0 bridgehead atoms. The zero-order valence-electron chi connectivity index (χ0n) is 11.3. The lowest BCUT2D eigenvalue weighted by atomic mass is 10.2. The number of nitrogens with zero attached hydrogens (tertiary/aromatic N) is 1. The van der Waals surface area contributed by atoms with Crippen molar-refractivity contribution in [2.75, 3.05) is 19.1 Å². The molecule has 0 aliphatic heterocycles. The molecular formula is C13H24N2OS. The summed E-state index contributed by atoms with van der Waals surface area (Å²) in [7, 11) is 2.16. The van der Waals surface area contributed by atoms with E-state index in [4.69, 9.17) is 10.2 Å². The van der Waals surface area contributed by atoms with Gasteiger partial charge in [0.15, 0.2) is 0 Å². The number of hydrogen-bond donors (Lipinski definition) is 1. The monoisotopic (exact) mass is 256 g/mol. The van der Waals surface area contributed by atoms with Crippen LogP contribution in [0, 0.1) is 6.92 Å². The molecule has 1 rings (SSSR count). The predicted molar refractivity (Wildman–Crippen MR) is 75.3 cm³/mol. The maximum Gasteiger partial charge on any atom is 0.118 e. The van der Waals surface area contributed by atoms with Gasteiger partial charge in [-0.15, -0.1) is 0 Å². The van der Waals surface area contributed by atoms with E-state index in [2.05, 4.69) is 31.2 Å². The molecule has 0 aliphatic rings. The number of rotatable bonds is 7. The molecule has 17 heavy (non-hydrogen) atoms. The van der Waals surface area contributed by atoms with E-state index >= 15 is 0 Å². The van der Waals surface area contributed by atoms with Crippen LogP contribution in [-0.2, 0) is 13.1 Å². The zero-order valence-corrected chi connectivity index (χ0v) is 12.1. The summed E-state index contributed by atoms with van der Waals surface area (Å²) >= 11 is 1.89. The molecule has 0 fully saturated rings. The van der Waals surface area contributed by atoms with E-state index in [-0.39, 0.29) is 0 Å². The Morgan fingerprint density at radius 1 is 1.53 bits per heavy atom. The van der Waals surface area contributed by atoms with Crippen LogP contribution in [0.25, 0.3) is 0 Å². The van der Waals surface area contributed by atoms with E-state index in [9.17, 15) is 0 Å². The Morgan fingerprint density at radius 2 is 2.24 bits per heavy atom. The second-order valence-electron chi connectivity index (χ2n) is 4.43. The fraction of sp³-hybridized carbons (Fsp3) is 0.692. The number of hydrogen-bond acceptors (Lipinski definition) is 4. The minimum atomic E-state index is 0.557. The normalized spacial score (nSPS) is 13.3. The molecule has 2 N–H and O–H groups in total. The highest BCUT2D eigenvalue weighted by atomic mass is 32.2. The van der Waals surface area contributed by atoms with Crippen molar-refractivity contribution in [1.29, 1.82) is 0 Å². The highest BCUT2D eigenvalue weighted by Gasteiger charge is 2.15. The van der Waals surface area contributed by atoms with Gasteiger partial charge in [-0.3, -0.25) is 4.90 Å². The third kappa shape index (κ3) is 4.05. The van der Waals surface area contributed by atoms with Gasteiger partial charge in [0.25, 0.3) is 0 Å². The Bertz CT molecular complexity index is 338. The summed E-state index contributed by atoms with van der Waals surface area (Å²) in [5, 5.41) is 0. The molecule has 1 unspecified atom stereocenters. The van der Waals surface area contributed by atoms with E-state index in [1.807, 2.05) is 18.7 Å². The summed E-state index contributed by atoms with van der Waals surface area (Å²) in [6.07, 6.45) is 3.32. The van der Waals surface area contributed by atoms with Crippen molar-refractivity contribution >= 4 is 11.8 Å². The molecule has 0 radical (unpaired) electrons. The van der Waals surface area contributed by atoms with Gasteiger partial charge in [-0.2, -0.15) is 11.8 Å². The lowest BCUT2D eigenvalue weighted by Crippen LogP contribution is -2.32. The molecule has 0 aliphatic carbocycles. The van der Waals surface area contributed by atoms with Gasteiger partial charge in [0.1, 0.15) is 11.5 Å². The second kappa shape index (κ2) is 7.09. The van der Waals surface area contributed by atoms with E-state index < -0.39 is 0 Å². The Morgan fingerprint density at radius 3 is 2.71 bits per heavy atom. The minimum Gasteiger partial charge on any atom is -0.465 e. The standard InChI is InChI=1S/C13H24N2OS/c1-5-12(9-17-4)15(3)8-13-6-11(7-14)10(2)16-13/h6,12H,5,7-9,14H2,1-4H3. The molecule has 0 saturated carbocycles. The van der Waals surface area contributed by atoms with E-state index in [0.29, 0.717) is 12.6 Å². The molecule has 98 valence electrons. The van der Waals surface area contributed by atoms with E-state index in [1.54, 1.807) is 0 Å². The summed E-state index contributed by atoms with van der Waals surface area (Å²) in [4.78, 5) is 2.36. The van der Waals surface area contributed by atoms with Crippen molar-refractivity contribution in [2.24, 2.45) is 5.73 Å². The molecule has 1 heterocycles. The van der Waals surface area contributed by atoms with Crippen molar-refractivity contribution < 1.29 is 4.42 Å². The zero-order chi connectivity index (χ0) is 12.8. The van der Waals surface area contributed by atoms with Crippen molar-refractivity contribution in [3.8, 4) is 0 Å². The molecule has 1 aromatic heterocycles. The number of furan rings is 1. The fourth-order valence-corrected chi connectivity index (χ4v) is 2.87. The third-order valence-electron chi connectivity index (χ3n) is 3.15. The average molecular weight is 256 g/mol. The van der Waals surface area contributed by atoms with Crippen molar-refractivity contribution in [3.63, 3.8) is 0 Å². The van der Waals surface area contributed by atoms with Crippen molar-refractivity contribution in [1.82, 2.24) is 4.90 Å². The van der Waals surface area contributed by atoms with Crippen molar-refractivity contribution in [2.45, 2.75) is 39.4 Å². The number of nitrogens with two attached hydrogens (primary N) is 1. The van der Waals surface area contributed by atoms with Crippen LogP contribution in [0.3, 0.4) is 0 Å². The number of aryl methyl sites for hydroxylation is 1. The maximum absolute atomic E-state index is 5.72. The minimum absolute atomic E-state index is 0.557. The van der Waals surface area contributed by atoms with Gasteiger partial charge in [0, 0.05) is 23.9 Å². The SMILES string of the molecule is CCC(CSC)N(C)Cc1cc(CN)c(C)o1. The van der Waals surface area contributed by atoms with Crippen LogP contribution in [-0.4, -0.2) is 30.0 Å². The Kier molecular flexibility index (Phi) is 6.09. The quantitative estimate of drug-likeness (QED) is 0.814. The molecule has 3 nitrogen and oxygen atoms in total. The van der Waals surface area contributed by atoms with E-state index in [1.165, 1.54) is 6.42 Å². The van der Waals surface area contributed by atoms with Gasteiger partial charge in [0.2, 0.25) is 0 Å². The first-order valence-corrected chi connectivity index (χ1v) is 7.49. The highest BCUT2D eigenvalue weighted by Crippen LogP contribution is 2.17. The van der Waals surface area contributed by atoms with Crippen molar-refractivity contribution in [3.05, 3.63) is 23.2 Å². The first kappa shape index (κ1) is 14.6. The third-order valence-corrected chi connectivity index (χ3v) is 3.87.